The van der Waals surface area contributed by atoms with Crippen molar-refractivity contribution >= 4 is 6.09 Å². The van der Waals surface area contributed by atoms with E-state index >= 15 is 0 Å². The van der Waals surface area contributed by atoms with Crippen LogP contribution in [0.5, 0.6) is 0 Å². The van der Waals surface area contributed by atoms with Gasteiger partial charge in [0.2, 0.25) is 0 Å². The van der Waals surface area contributed by atoms with Gasteiger partial charge < -0.3 is 10.1 Å². The highest BCUT2D eigenvalue weighted by atomic mass is 16.6. The number of fused-ring (bicyclic) bond motifs is 1. The third-order valence-corrected chi connectivity index (χ3v) is 2.68. The molecule has 3 heteroatoms. The minimum atomic E-state index is -0.354. The van der Waals surface area contributed by atoms with E-state index in [0.717, 1.165) is 17.8 Å². The van der Waals surface area contributed by atoms with Crippen molar-refractivity contribution in [3.63, 3.8) is 0 Å². The number of carbonyl (C=O) groups excluding carboxylic acids is 1. The summed E-state index contributed by atoms with van der Waals surface area (Å²) in [6, 6.07) is 0. The molecule has 0 bridgehead atoms. The van der Waals surface area contributed by atoms with E-state index in [1.807, 2.05) is 19.9 Å². The molecular weight excluding hydrogens is 178 g/mol. The Labute approximate surface area is 83.8 Å². The summed E-state index contributed by atoms with van der Waals surface area (Å²) >= 11 is 0. The van der Waals surface area contributed by atoms with Crippen molar-refractivity contribution in [3.8, 4) is 0 Å². The highest BCUT2D eigenvalue weighted by molar-refractivity contribution is 5.74. The molecule has 3 nitrogen and oxygen atoms in total. The van der Waals surface area contributed by atoms with Crippen LogP contribution in [0.1, 0.15) is 27.2 Å². The number of hydrogen-bond donors (Lipinski definition) is 1. The number of hydrogen-bond acceptors (Lipinski definition) is 2. The lowest BCUT2D eigenvalue weighted by Gasteiger charge is -2.37. The van der Waals surface area contributed by atoms with Crippen molar-refractivity contribution in [2.24, 2.45) is 5.92 Å². The summed E-state index contributed by atoms with van der Waals surface area (Å²) in [5.41, 5.74) is 0.784. The van der Waals surface area contributed by atoms with E-state index in [4.69, 9.17) is 4.74 Å². The first-order chi connectivity index (χ1) is 6.49. The van der Waals surface area contributed by atoms with E-state index in [1.54, 1.807) is 0 Å². The second kappa shape index (κ2) is 2.87. The van der Waals surface area contributed by atoms with Gasteiger partial charge in [-0.2, -0.15) is 0 Å². The zero-order valence-corrected chi connectivity index (χ0v) is 8.76. The van der Waals surface area contributed by atoms with Crippen LogP contribution >= 0.6 is 0 Å². The second-order valence-electron chi connectivity index (χ2n) is 4.50. The van der Waals surface area contributed by atoms with Gasteiger partial charge in [-0.15, -0.1) is 0 Å². The first-order valence-corrected chi connectivity index (χ1v) is 4.92. The average molecular weight is 193 g/mol. The molecule has 1 unspecified atom stereocenters. The molecule has 0 aromatic heterocycles. The quantitative estimate of drug-likeness (QED) is 0.641. The Balaban J connectivity index is 2.39. The molecule has 76 valence electrons. The average Bonchev–Trinajstić information content (AvgIpc) is 2.05. The maximum atomic E-state index is 11.2. The van der Waals surface area contributed by atoms with Gasteiger partial charge in [0, 0.05) is 5.57 Å². The SMILES string of the molecule is CC1C=C2C(=CC1)OC(=O)NC2(C)C. The maximum Gasteiger partial charge on any atom is 0.413 e. The van der Waals surface area contributed by atoms with Crippen LogP contribution in [0.25, 0.3) is 0 Å². The smallest absolute Gasteiger partial charge is 0.410 e. The monoisotopic (exact) mass is 193 g/mol. The van der Waals surface area contributed by atoms with Gasteiger partial charge in [0.15, 0.2) is 0 Å². The van der Waals surface area contributed by atoms with Crippen LogP contribution in [0.2, 0.25) is 0 Å². The van der Waals surface area contributed by atoms with Gasteiger partial charge in [0.1, 0.15) is 5.76 Å². The molecule has 0 aromatic carbocycles. The molecule has 1 heterocycles. The van der Waals surface area contributed by atoms with Crippen molar-refractivity contribution in [2.75, 3.05) is 0 Å². The molecule has 14 heavy (non-hydrogen) atoms. The standard InChI is InChI=1S/C11H15NO2/c1-7-4-5-9-8(6-7)11(2,3)12-10(13)14-9/h5-7H,4H2,1-3H3,(H,12,13). The van der Waals surface area contributed by atoms with Gasteiger partial charge in [0.05, 0.1) is 5.54 Å². The van der Waals surface area contributed by atoms with Gasteiger partial charge in [-0.05, 0) is 32.3 Å². The largest absolute Gasteiger partial charge is 0.413 e. The summed E-state index contributed by atoms with van der Waals surface area (Å²) in [6.45, 7) is 6.14. The van der Waals surface area contributed by atoms with Gasteiger partial charge in [-0.25, -0.2) is 4.79 Å². The zero-order chi connectivity index (χ0) is 10.3. The van der Waals surface area contributed by atoms with Crippen molar-refractivity contribution in [1.29, 1.82) is 0 Å². The predicted octanol–water partition coefficient (Wildman–Crippen LogP) is 2.35. The van der Waals surface area contributed by atoms with Crippen LogP contribution < -0.4 is 5.32 Å². The molecule has 1 saturated heterocycles. The second-order valence-corrected chi connectivity index (χ2v) is 4.50. The minimum absolute atomic E-state index is 0.310. The molecule has 1 N–H and O–H groups in total. The lowest BCUT2D eigenvalue weighted by atomic mass is 9.84. The van der Waals surface area contributed by atoms with E-state index in [-0.39, 0.29) is 11.6 Å². The van der Waals surface area contributed by atoms with Crippen molar-refractivity contribution in [3.05, 3.63) is 23.5 Å². The third kappa shape index (κ3) is 1.43. The van der Waals surface area contributed by atoms with Crippen LogP contribution in [0.15, 0.2) is 23.5 Å². The van der Waals surface area contributed by atoms with Gasteiger partial charge >= 0.3 is 6.09 Å². The first-order valence-electron chi connectivity index (χ1n) is 4.92. The molecule has 0 spiro atoms. The summed E-state index contributed by atoms with van der Waals surface area (Å²) in [5.74, 6) is 1.25. The van der Waals surface area contributed by atoms with Gasteiger partial charge in [0.25, 0.3) is 0 Å². The first kappa shape index (κ1) is 9.31. The Bertz CT molecular complexity index is 339. The van der Waals surface area contributed by atoms with E-state index < -0.39 is 0 Å². The predicted molar refractivity (Wildman–Crippen MR) is 53.6 cm³/mol. The van der Waals surface area contributed by atoms with Crippen molar-refractivity contribution < 1.29 is 9.53 Å². The number of alkyl carbamates (subject to hydrolysis) is 1. The number of carbonyl (C=O) groups is 1. The number of rotatable bonds is 0. The molecule has 1 atom stereocenters. The summed E-state index contributed by atoms with van der Waals surface area (Å²) in [6.07, 6.45) is 4.77. The molecule has 0 saturated carbocycles. The maximum absolute atomic E-state index is 11.2. The van der Waals surface area contributed by atoms with Gasteiger partial charge in [-0.3, -0.25) is 0 Å². The zero-order valence-electron chi connectivity index (χ0n) is 8.76. The molecule has 0 aromatic rings. The number of nitrogens with one attached hydrogen (secondary N) is 1. The summed E-state index contributed by atoms with van der Waals surface area (Å²) in [7, 11) is 0. The van der Waals surface area contributed by atoms with Crippen LogP contribution in [0, 0.1) is 5.92 Å². The van der Waals surface area contributed by atoms with Crippen LogP contribution in [-0.4, -0.2) is 11.6 Å². The third-order valence-electron chi connectivity index (χ3n) is 2.68. The fraction of sp³-hybridized carbons (Fsp3) is 0.545. The fourth-order valence-corrected chi connectivity index (χ4v) is 1.90. The molecule has 1 amide bonds. The number of amides is 1. The molecule has 1 aliphatic heterocycles. The minimum Gasteiger partial charge on any atom is -0.410 e. The highest BCUT2D eigenvalue weighted by Gasteiger charge is 2.36. The van der Waals surface area contributed by atoms with Crippen LogP contribution in [0.4, 0.5) is 4.79 Å². The van der Waals surface area contributed by atoms with E-state index in [1.165, 1.54) is 0 Å². The number of allylic oxidation sites excluding steroid dienone is 2. The summed E-state index contributed by atoms with van der Waals surface area (Å²) in [5, 5.41) is 2.81. The summed E-state index contributed by atoms with van der Waals surface area (Å²) in [4.78, 5) is 11.2. The Morgan fingerprint density at radius 2 is 2.29 bits per heavy atom. The molecule has 2 rings (SSSR count). The Morgan fingerprint density at radius 1 is 1.57 bits per heavy atom. The molecular formula is C11H15NO2. The Morgan fingerprint density at radius 3 is 3.00 bits per heavy atom. The van der Waals surface area contributed by atoms with E-state index in [9.17, 15) is 4.79 Å². The van der Waals surface area contributed by atoms with Crippen LogP contribution in [-0.2, 0) is 4.74 Å². The highest BCUT2D eigenvalue weighted by Crippen LogP contribution is 2.34. The van der Waals surface area contributed by atoms with Crippen LogP contribution in [0.3, 0.4) is 0 Å². The normalized spacial score (nSPS) is 29.4. The molecule has 1 fully saturated rings. The topological polar surface area (TPSA) is 38.3 Å². The lowest BCUT2D eigenvalue weighted by molar-refractivity contribution is 0.152. The summed E-state index contributed by atoms with van der Waals surface area (Å²) < 4.78 is 5.12. The van der Waals surface area contributed by atoms with E-state index in [0.29, 0.717) is 5.92 Å². The molecule has 2 aliphatic rings. The van der Waals surface area contributed by atoms with Crippen molar-refractivity contribution in [1.82, 2.24) is 5.32 Å². The Kier molecular flexibility index (Phi) is 1.91. The van der Waals surface area contributed by atoms with E-state index in [2.05, 4.69) is 18.3 Å². The fourth-order valence-electron chi connectivity index (χ4n) is 1.90. The molecule has 0 radical (unpaired) electrons. The lowest BCUT2D eigenvalue weighted by Crippen LogP contribution is -2.50. The molecule has 1 aliphatic carbocycles. The van der Waals surface area contributed by atoms with Crippen molar-refractivity contribution in [2.45, 2.75) is 32.7 Å². The van der Waals surface area contributed by atoms with Gasteiger partial charge in [-0.1, -0.05) is 13.0 Å². The Hall–Kier alpha value is -1.25. The number of ether oxygens (including phenoxy) is 1.